The Balaban J connectivity index is 1.91. The van der Waals surface area contributed by atoms with Crippen LogP contribution in [0.1, 0.15) is 12.0 Å². The smallest absolute Gasteiger partial charge is 0.306 e. The highest BCUT2D eigenvalue weighted by Crippen LogP contribution is 2.13. The molecule has 2 rings (SSSR count). The summed E-state index contributed by atoms with van der Waals surface area (Å²) in [6, 6.07) is 6.46. The molecule has 0 radical (unpaired) electrons. The molecule has 1 saturated heterocycles. The minimum absolute atomic E-state index is 0.0135. The summed E-state index contributed by atoms with van der Waals surface area (Å²) >= 11 is 0. The lowest BCUT2D eigenvalue weighted by molar-refractivity contribution is -0.142. The van der Waals surface area contributed by atoms with Gasteiger partial charge in [-0.25, -0.2) is 4.39 Å². The van der Waals surface area contributed by atoms with Gasteiger partial charge in [-0.2, -0.15) is 0 Å². The highest BCUT2D eigenvalue weighted by Gasteiger charge is 2.22. The maximum Gasteiger partial charge on any atom is 0.306 e. The fraction of sp³-hybridized carbons (Fsp3) is 0.462. The Morgan fingerprint density at radius 3 is 3.11 bits per heavy atom. The number of rotatable bonds is 4. The summed E-state index contributed by atoms with van der Waals surface area (Å²) in [5, 5.41) is 8.73. The maximum atomic E-state index is 13.0. The fourth-order valence-electron chi connectivity index (χ4n) is 2.14. The van der Waals surface area contributed by atoms with Crippen LogP contribution in [-0.4, -0.2) is 41.8 Å². The lowest BCUT2D eigenvalue weighted by Gasteiger charge is -2.32. The van der Waals surface area contributed by atoms with E-state index >= 15 is 0 Å². The molecule has 1 N–H and O–H groups in total. The molecule has 0 bridgehead atoms. The van der Waals surface area contributed by atoms with E-state index < -0.39 is 5.97 Å². The van der Waals surface area contributed by atoms with Gasteiger partial charge in [-0.05, 0) is 17.7 Å². The Labute approximate surface area is 105 Å². The van der Waals surface area contributed by atoms with Gasteiger partial charge in [0.05, 0.1) is 19.1 Å². The van der Waals surface area contributed by atoms with Crippen molar-refractivity contribution in [2.24, 2.45) is 0 Å². The number of benzene rings is 1. The van der Waals surface area contributed by atoms with Gasteiger partial charge < -0.3 is 9.84 Å². The van der Waals surface area contributed by atoms with E-state index in [2.05, 4.69) is 4.90 Å². The Morgan fingerprint density at radius 2 is 2.39 bits per heavy atom. The first-order valence-corrected chi connectivity index (χ1v) is 5.93. The number of hydrogen-bond donors (Lipinski definition) is 1. The van der Waals surface area contributed by atoms with Crippen molar-refractivity contribution in [3.8, 4) is 0 Å². The van der Waals surface area contributed by atoms with E-state index in [1.165, 1.54) is 12.1 Å². The molecular weight excluding hydrogens is 237 g/mol. The van der Waals surface area contributed by atoms with Crippen LogP contribution in [0, 0.1) is 5.82 Å². The number of carbonyl (C=O) groups is 1. The normalized spacial score (nSPS) is 20.8. The molecule has 0 saturated carbocycles. The van der Waals surface area contributed by atoms with Crippen molar-refractivity contribution in [1.29, 1.82) is 0 Å². The van der Waals surface area contributed by atoms with Crippen LogP contribution in [0.5, 0.6) is 0 Å². The number of carboxylic acids is 1. The van der Waals surface area contributed by atoms with Gasteiger partial charge in [-0.3, -0.25) is 9.69 Å². The third kappa shape index (κ3) is 3.78. The molecule has 18 heavy (non-hydrogen) atoms. The summed E-state index contributed by atoms with van der Waals surface area (Å²) in [6.07, 6.45) is -0.260. The summed E-state index contributed by atoms with van der Waals surface area (Å²) in [5.41, 5.74) is 0.894. The second-order valence-electron chi connectivity index (χ2n) is 4.46. The van der Waals surface area contributed by atoms with Crippen LogP contribution in [0.3, 0.4) is 0 Å². The van der Waals surface area contributed by atoms with Crippen molar-refractivity contribution in [2.45, 2.75) is 19.1 Å². The molecule has 98 valence electrons. The van der Waals surface area contributed by atoms with Gasteiger partial charge in [0.1, 0.15) is 5.82 Å². The van der Waals surface area contributed by atoms with Crippen molar-refractivity contribution in [3.05, 3.63) is 35.6 Å². The van der Waals surface area contributed by atoms with Gasteiger partial charge in [0.25, 0.3) is 0 Å². The van der Waals surface area contributed by atoms with Crippen LogP contribution in [-0.2, 0) is 16.1 Å². The van der Waals surface area contributed by atoms with Crippen LogP contribution in [0.15, 0.2) is 24.3 Å². The van der Waals surface area contributed by atoms with Crippen LogP contribution in [0.4, 0.5) is 4.39 Å². The molecule has 1 heterocycles. The van der Waals surface area contributed by atoms with Gasteiger partial charge in [0.2, 0.25) is 0 Å². The second kappa shape index (κ2) is 5.93. The number of morpholine rings is 1. The van der Waals surface area contributed by atoms with Crippen LogP contribution in [0.25, 0.3) is 0 Å². The lowest BCUT2D eigenvalue weighted by atomic mass is 10.1. The first-order valence-electron chi connectivity index (χ1n) is 5.93. The standard InChI is InChI=1S/C13H16FNO3/c14-11-3-1-2-10(6-11)8-15-4-5-18-12(9-15)7-13(16)17/h1-3,6,12H,4-5,7-9H2,(H,16,17). The Morgan fingerprint density at radius 1 is 1.56 bits per heavy atom. The molecule has 1 aliphatic heterocycles. The molecule has 0 amide bonds. The van der Waals surface area contributed by atoms with Gasteiger partial charge in [0, 0.05) is 19.6 Å². The molecule has 0 aromatic heterocycles. The highest BCUT2D eigenvalue weighted by molar-refractivity contribution is 5.67. The molecule has 4 nitrogen and oxygen atoms in total. The largest absolute Gasteiger partial charge is 0.481 e. The van der Waals surface area contributed by atoms with E-state index in [4.69, 9.17) is 9.84 Å². The van der Waals surface area contributed by atoms with Gasteiger partial charge in [0.15, 0.2) is 0 Å². The number of aliphatic carboxylic acids is 1. The average Bonchev–Trinajstić information content (AvgIpc) is 2.28. The minimum atomic E-state index is -0.854. The monoisotopic (exact) mass is 253 g/mol. The van der Waals surface area contributed by atoms with E-state index in [0.717, 1.165) is 12.1 Å². The first-order chi connectivity index (χ1) is 8.63. The zero-order valence-corrected chi connectivity index (χ0v) is 10.0. The van der Waals surface area contributed by atoms with Crippen LogP contribution < -0.4 is 0 Å². The van der Waals surface area contributed by atoms with Crippen molar-refractivity contribution in [2.75, 3.05) is 19.7 Å². The van der Waals surface area contributed by atoms with Crippen molar-refractivity contribution in [1.82, 2.24) is 4.90 Å². The summed E-state index contributed by atoms with van der Waals surface area (Å²) in [6.45, 7) is 2.46. The molecule has 1 aromatic rings. The number of ether oxygens (including phenoxy) is 1. The average molecular weight is 253 g/mol. The van der Waals surface area contributed by atoms with Crippen molar-refractivity contribution >= 4 is 5.97 Å². The molecule has 1 aromatic carbocycles. The van der Waals surface area contributed by atoms with E-state index in [1.54, 1.807) is 6.07 Å². The quantitative estimate of drug-likeness (QED) is 0.883. The summed E-state index contributed by atoms with van der Waals surface area (Å²) < 4.78 is 18.4. The lowest BCUT2D eigenvalue weighted by Crippen LogP contribution is -2.42. The maximum absolute atomic E-state index is 13.0. The number of hydrogen-bond acceptors (Lipinski definition) is 3. The van der Waals surface area contributed by atoms with Gasteiger partial charge in [-0.15, -0.1) is 0 Å². The number of carboxylic acid groups (broad SMARTS) is 1. The SMILES string of the molecule is O=C(O)CC1CN(Cc2cccc(F)c2)CCO1. The topological polar surface area (TPSA) is 49.8 Å². The highest BCUT2D eigenvalue weighted by atomic mass is 19.1. The van der Waals surface area contributed by atoms with Crippen LogP contribution >= 0.6 is 0 Å². The Kier molecular flexibility index (Phi) is 4.28. The number of halogens is 1. The third-order valence-electron chi connectivity index (χ3n) is 2.92. The Bertz CT molecular complexity index is 424. The number of nitrogens with zero attached hydrogens (tertiary/aromatic N) is 1. The summed E-state index contributed by atoms with van der Waals surface area (Å²) in [7, 11) is 0. The van der Waals surface area contributed by atoms with E-state index in [1.807, 2.05) is 6.07 Å². The Hall–Kier alpha value is -1.46. The predicted molar refractivity (Wildman–Crippen MR) is 63.7 cm³/mol. The molecule has 1 unspecified atom stereocenters. The van der Waals surface area contributed by atoms with Gasteiger partial charge >= 0.3 is 5.97 Å². The zero-order valence-electron chi connectivity index (χ0n) is 10.0. The summed E-state index contributed by atoms with van der Waals surface area (Å²) in [4.78, 5) is 12.7. The molecule has 1 atom stereocenters. The molecule has 0 spiro atoms. The van der Waals surface area contributed by atoms with Gasteiger partial charge in [-0.1, -0.05) is 12.1 Å². The molecule has 5 heteroatoms. The molecule has 1 fully saturated rings. The predicted octanol–water partition coefficient (Wildman–Crippen LogP) is 1.50. The zero-order chi connectivity index (χ0) is 13.0. The first kappa shape index (κ1) is 13.0. The molecular formula is C13H16FNO3. The minimum Gasteiger partial charge on any atom is -0.481 e. The van der Waals surface area contributed by atoms with E-state index in [0.29, 0.717) is 19.7 Å². The van der Waals surface area contributed by atoms with Crippen molar-refractivity contribution in [3.63, 3.8) is 0 Å². The third-order valence-corrected chi connectivity index (χ3v) is 2.92. The molecule has 1 aliphatic rings. The van der Waals surface area contributed by atoms with E-state index in [-0.39, 0.29) is 18.3 Å². The van der Waals surface area contributed by atoms with Crippen molar-refractivity contribution < 1.29 is 19.0 Å². The fourth-order valence-corrected chi connectivity index (χ4v) is 2.14. The summed E-state index contributed by atoms with van der Waals surface area (Å²) in [5.74, 6) is -1.10. The van der Waals surface area contributed by atoms with Crippen LogP contribution in [0.2, 0.25) is 0 Å². The van der Waals surface area contributed by atoms with E-state index in [9.17, 15) is 9.18 Å². The molecule has 0 aliphatic carbocycles. The second-order valence-corrected chi connectivity index (χ2v) is 4.46.